The van der Waals surface area contributed by atoms with Gasteiger partial charge in [0.15, 0.2) is 0 Å². The van der Waals surface area contributed by atoms with Crippen LogP contribution >= 0.6 is 0 Å². The van der Waals surface area contributed by atoms with E-state index in [1.165, 1.54) is 0 Å². The summed E-state index contributed by atoms with van der Waals surface area (Å²) < 4.78 is 0. The molecule has 38 valence electrons. The summed E-state index contributed by atoms with van der Waals surface area (Å²) in [5.74, 6) is 7.17. The Balaban J connectivity index is 3.04. The van der Waals surface area contributed by atoms with Crippen LogP contribution in [0.1, 0.15) is 5.82 Å². The van der Waals surface area contributed by atoms with E-state index >= 15 is 0 Å². The lowest BCUT2D eigenvalue weighted by Crippen LogP contribution is -2.31. The molecule has 0 spiro atoms. The molecule has 1 rings (SSSR count). The van der Waals surface area contributed by atoms with Crippen molar-refractivity contribution in [3.8, 4) is 0 Å². The molecule has 7 heavy (non-hydrogen) atoms. The predicted molar refractivity (Wildman–Crippen MR) is 20.0 cm³/mol. The molecule has 5 heteroatoms. The Hall–Kier alpha value is -1.13. The first-order chi connectivity index (χ1) is 3.29. The third-order valence-corrected chi connectivity index (χ3v) is 0.514. The van der Waals surface area contributed by atoms with Gasteiger partial charge in [-0.2, -0.15) is 5.21 Å². The lowest BCUT2D eigenvalue weighted by molar-refractivity contribution is -0.731. The highest BCUT2D eigenvalue weighted by atomic mass is 15.7. The summed E-state index contributed by atoms with van der Waals surface area (Å²) in [5.41, 5.74) is 0. The molecule has 1 aromatic heterocycles. The molecule has 0 unspecified atom stereocenters. The fraction of sp³-hybridized carbons (Fsp3) is 0.500. The van der Waals surface area contributed by atoms with Crippen molar-refractivity contribution >= 4 is 0 Å². The molecule has 0 aliphatic rings. The molecule has 0 aromatic carbocycles. The monoisotopic (exact) mass is 98.0 g/mol. The van der Waals surface area contributed by atoms with Gasteiger partial charge in [-0.3, -0.25) is 4.91 Å². The second-order valence-corrected chi connectivity index (χ2v) is 1.13. The Bertz CT molecular complexity index is 138. The van der Waals surface area contributed by atoms with E-state index in [0.717, 1.165) is 0 Å². The number of rotatable bonds is 0. The molecule has 0 radical (unpaired) electrons. The van der Waals surface area contributed by atoms with Crippen molar-refractivity contribution in [1.82, 2.24) is 15.4 Å². The zero-order valence-electron chi connectivity index (χ0n) is 3.79. The van der Waals surface area contributed by atoms with Crippen molar-refractivity contribution in [1.29, 1.82) is 0 Å². The number of hydrogen-bond acceptors (Lipinski definition) is 2. The van der Waals surface area contributed by atoms with E-state index in [4.69, 9.17) is 5.84 Å². The molecular weight excluding hydrogens is 94.1 g/mol. The largest absolute Gasteiger partial charge is 0.398 e. The Morgan fingerprint density at radius 2 is 2.57 bits per heavy atom. The fourth-order valence-corrected chi connectivity index (χ4v) is 0.284. The molecule has 0 saturated carbocycles. The summed E-state index contributed by atoms with van der Waals surface area (Å²) in [6.45, 7) is 1.68. The van der Waals surface area contributed by atoms with Crippen LogP contribution in [0, 0.1) is 6.92 Å². The third-order valence-electron chi connectivity index (χ3n) is 0.514. The van der Waals surface area contributed by atoms with Gasteiger partial charge in [0, 0.05) is 0 Å². The Morgan fingerprint density at radius 3 is 2.71 bits per heavy atom. The fourth-order valence-electron chi connectivity index (χ4n) is 0.284. The standard InChI is InChI=1S/C2H4N5/c1-2-4-6-7(3)5-2/h1H3,(H-,3,4,5,6)/q-1. The van der Waals surface area contributed by atoms with Crippen LogP contribution in [0.3, 0.4) is 0 Å². The number of aromatic nitrogens is 4. The molecule has 1 N–H and O–H groups in total. The van der Waals surface area contributed by atoms with E-state index in [9.17, 15) is 0 Å². The van der Waals surface area contributed by atoms with E-state index < -0.39 is 0 Å². The summed E-state index contributed by atoms with van der Waals surface area (Å²) in [7, 11) is 0. The first kappa shape index (κ1) is 4.04. The van der Waals surface area contributed by atoms with Crippen molar-refractivity contribution in [2.24, 2.45) is 0 Å². The van der Waals surface area contributed by atoms with E-state index in [-0.39, 0.29) is 0 Å². The topological polar surface area (TPSA) is 67.6 Å². The average molecular weight is 98.1 g/mol. The van der Waals surface area contributed by atoms with Crippen LogP contribution in [-0.2, 0) is 0 Å². The van der Waals surface area contributed by atoms with Gasteiger partial charge in [-0.1, -0.05) is 5.10 Å². The van der Waals surface area contributed by atoms with Crippen molar-refractivity contribution in [3.63, 3.8) is 0 Å². The van der Waals surface area contributed by atoms with Crippen molar-refractivity contribution in [3.05, 3.63) is 11.7 Å². The minimum Gasteiger partial charge on any atom is -0.398 e. The molecule has 0 aliphatic heterocycles. The van der Waals surface area contributed by atoms with E-state index in [1.807, 2.05) is 0 Å². The molecular formula is C2H4N5-. The Labute approximate surface area is 40.1 Å². The number of nitrogens with zero attached hydrogens (tertiary/aromatic N) is 4. The van der Waals surface area contributed by atoms with Gasteiger partial charge in [-0.15, -0.1) is 0 Å². The Kier molecular flexibility index (Phi) is 0.680. The number of nitrogens with one attached hydrogen (secondary N) is 1. The predicted octanol–water partition coefficient (Wildman–Crippen LogP) is -1.15. The van der Waals surface area contributed by atoms with Crippen molar-refractivity contribution < 1.29 is 4.91 Å². The van der Waals surface area contributed by atoms with Gasteiger partial charge in [0.2, 0.25) is 0 Å². The van der Waals surface area contributed by atoms with Crippen LogP contribution in [0.15, 0.2) is 0 Å². The zero-order chi connectivity index (χ0) is 5.28. The van der Waals surface area contributed by atoms with Crippen LogP contribution in [0.2, 0.25) is 0 Å². The van der Waals surface area contributed by atoms with Gasteiger partial charge in [0.1, 0.15) is 5.82 Å². The summed E-state index contributed by atoms with van der Waals surface area (Å²) >= 11 is 0. The second-order valence-electron chi connectivity index (χ2n) is 1.13. The van der Waals surface area contributed by atoms with Crippen LogP contribution in [0.4, 0.5) is 0 Å². The molecule has 0 atom stereocenters. The highest BCUT2D eigenvalue weighted by Gasteiger charge is 1.77. The van der Waals surface area contributed by atoms with Gasteiger partial charge in [0.25, 0.3) is 0 Å². The molecule has 0 amide bonds. The van der Waals surface area contributed by atoms with E-state index in [1.54, 1.807) is 6.92 Å². The number of hydrogen-bond donors (Lipinski definition) is 0. The zero-order valence-corrected chi connectivity index (χ0v) is 3.79. The van der Waals surface area contributed by atoms with Gasteiger partial charge >= 0.3 is 0 Å². The first-order valence-corrected chi connectivity index (χ1v) is 1.77. The lowest BCUT2D eigenvalue weighted by atomic mass is 10.8. The highest BCUT2D eigenvalue weighted by Crippen LogP contribution is 1.66. The number of tetrazole rings is 1. The molecule has 0 fully saturated rings. The lowest BCUT2D eigenvalue weighted by Gasteiger charge is -1.91. The molecule has 0 bridgehead atoms. The van der Waals surface area contributed by atoms with Gasteiger partial charge in [-0.05, 0) is 6.92 Å². The van der Waals surface area contributed by atoms with Gasteiger partial charge < -0.3 is 10.9 Å². The minimum absolute atomic E-state index is 0.523. The van der Waals surface area contributed by atoms with Crippen LogP contribution in [-0.4, -0.2) is 10.3 Å². The summed E-state index contributed by atoms with van der Waals surface area (Å²) in [6.07, 6.45) is 0. The second kappa shape index (κ2) is 1.18. The van der Waals surface area contributed by atoms with Crippen LogP contribution in [0.5, 0.6) is 0 Å². The van der Waals surface area contributed by atoms with Gasteiger partial charge in [0.05, 0.1) is 0 Å². The summed E-state index contributed by atoms with van der Waals surface area (Å²) in [4.78, 5) is 0.676. The van der Waals surface area contributed by atoms with Crippen LogP contribution in [0.25, 0.3) is 5.84 Å². The first-order valence-electron chi connectivity index (χ1n) is 1.77. The van der Waals surface area contributed by atoms with Crippen LogP contribution < -0.4 is 10.0 Å². The van der Waals surface area contributed by atoms with E-state index in [2.05, 4.69) is 15.4 Å². The molecule has 1 aromatic rings. The minimum atomic E-state index is 0.523. The normalized spacial score (nSPS) is 9.29. The maximum Gasteiger partial charge on any atom is 0.136 e. The average Bonchev–Trinajstić information content (AvgIpc) is 1.87. The van der Waals surface area contributed by atoms with Crippen molar-refractivity contribution in [2.75, 3.05) is 0 Å². The molecule has 1 heterocycles. The van der Waals surface area contributed by atoms with Gasteiger partial charge in [-0.25, -0.2) is 0 Å². The summed E-state index contributed by atoms with van der Waals surface area (Å²) in [6, 6.07) is 0. The SMILES string of the molecule is Cc1nn[n+]([NH-])[n-]1. The smallest absolute Gasteiger partial charge is 0.136 e. The molecule has 0 saturated heterocycles. The quantitative estimate of drug-likeness (QED) is 0.384. The Morgan fingerprint density at radius 1 is 1.86 bits per heavy atom. The summed E-state index contributed by atoms with van der Waals surface area (Å²) in [5, 5.41) is 10.1. The maximum absolute atomic E-state index is 6.65. The number of aryl methyl sites for hydroxylation is 1. The molecule has 5 nitrogen and oxygen atoms in total. The maximum atomic E-state index is 6.65. The third kappa shape index (κ3) is 0.648. The van der Waals surface area contributed by atoms with E-state index in [0.29, 0.717) is 10.7 Å². The van der Waals surface area contributed by atoms with Crippen molar-refractivity contribution in [2.45, 2.75) is 6.92 Å². The molecule has 0 aliphatic carbocycles. The highest BCUT2D eigenvalue weighted by molar-refractivity contribution is 4.61.